The van der Waals surface area contributed by atoms with Gasteiger partial charge in [-0.2, -0.15) is 0 Å². The molecule has 1 aliphatic carbocycles. The molecule has 2 unspecified atom stereocenters. The van der Waals surface area contributed by atoms with Crippen molar-refractivity contribution in [3.8, 4) is 16.2 Å². The molecule has 0 bridgehead atoms. The van der Waals surface area contributed by atoms with Crippen LogP contribution in [0.2, 0.25) is 0 Å². The van der Waals surface area contributed by atoms with Gasteiger partial charge < -0.3 is 40.3 Å². The van der Waals surface area contributed by atoms with Crippen molar-refractivity contribution >= 4 is 46.9 Å². The number of carbonyl (C=O) groups excluding carboxylic acids is 4. The first-order valence-corrected chi connectivity index (χ1v) is 22.9. The van der Waals surface area contributed by atoms with Crippen molar-refractivity contribution in [3.63, 3.8) is 0 Å². The molecule has 1 aromatic heterocycles. The van der Waals surface area contributed by atoms with Gasteiger partial charge in [-0.15, -0.1) is 23.1 Å². The predicted octanol–water partition coefficient (Wildman–Crippen LogP) is 6.51. The molecule has 2 heterocycles. The number of aromatic nitrogens is 1. The first-order chi connectivity index (χ1) is 28.7. The van der Waals surface area contributed by atoms with Crippen LogP contribution in [0, 0.1) is 12.3 Å². The Morgan fingerprint density at radius 2 is 1.79 bits per heavy atom. The van der Waals surface area contributed by atoms with E-state index >= 15 is 0 Å². The number of hydrogen-bond donors (Lipinski definition) is 4. The van der Waals surface area contributed by atoms with Crippen LogP contribution in [0.5, 0.6) is 5.75 Å². The Balaban J connectivity index is 1.19. The Kier molecular flexibility index (Phi) is 16.3. The van der Waals surface area contributed by atoms with E-state index in [2.05, 4.69) is 38.0 Å². The summed E-state index contributed by atoms with van der Waals surface area (Å²) in [6.07, 6.45) is 0.305. The summed E-state index contributed by atoms with van der Waals surface area (Å²) in [5, 5.41) is 19.3. The highest BCUT2D eigenvalue weighted by Gasteiger charge is 2.53. The highest BCUT2D eigenvalue weighted by molar-refractivity contribution is 7.99. The minimum absolute atomic E-state index is 0.0274. The molecule has 5 rings (SSSR count). The Morgan fingerprint density at radius 1 is 1.07 bits per heavy atom. The third kappa shape index (κ3) is 14.1. The smallest absolute Gasteiger partial charge is 0.407 e. The average Bonchev–Trinajstić information content (AvgIpc) is 3.60. The van der Waals surface area contributed by atoms with E-state index in [1.165, 1.54) is 16.2 Å². The summed E-state index contributed by atoms with van der Waals surface area (Å²) in [7, 11) is 2.04. The van der Waals surface area contributed by atoms with Crippen LogP contribution >= 0.6 is 23.1 Å². The molecule has 1 saturated carbocycles. The number of rotatable bonds is 19. The lowest BCUT2D eigenvalue weighted by Gasteiger charge is -2.35. The number of aliphatic hydroxyl groups excluding tert-OH is 1. The highest BCUT2D eigenvalue weighted by Crippen LogP contribution is 2.40. The number of halogens is 1. The Morgan fingerprint density at radius 3 is 2.43 bits per heavy atom. The molecule has 2 fully saturated rings. The number of nitrogens with one attached hydrogen (secondary N) is 3. The van der Waals surface area contributed by atoms with Gasteiger partial charge in [-0.05, 0) is 96.1 Å². The third-order valence-electron chi connectivity index (χ3n) is 10.6. The molecular formula is C45H63FN6O7S2. The molecule has 4 N–H and O–H groups in total. The predicted molar refractivity (Wildman–Crippen MR) is 237 cm³/mol. The highest BCUT2D eigenvalue weighted by atomic mass is 32.2. The Hall–Kier alpha value is -4.25. The number of β-amino-alcohol motifs (C(OH)–C–C–N with tert-alkyl or cyclic N) is 1. The Bertz CT molecular complexity index is 1970. The molecule has 2 aromatic carbocycles. The van der Waals surface area contributed by atoms with Crippen molar-refractivity contribution < 1.29 is 38.1 Å². The summed E-state index contributed by atoms with van der Waals surface area (Å²) in [4.78, 5) is 63.1. The van der Waals surface area contributed by atoms with Crippen LogP contribution in [0.3, 0.4) is 0 Å². The molecule has 1 saturated heterocycles. The number of amides is 4. The van der Waals surface area contributed by atoms with Gasteiger partial charge in [0, 0.05) is 48.3 Å². The molecule has 4 atom stereocenters. The summed E-state index contributed by atoms with van der Waals surface area (Å²) in [5.41, 5.74) is 1.01. The quantitative estimate of drug-likeness (QED) is 0.0772. The van der Waals surface area contributed by atoms with Crippen molar-refractivity contribution in [3.05, 3.63) is 65.3 Å². The van der Waals surface area contributed by atoms with Crippen molar-refractivity contribution in [2.75, 3.05) is 39.0 Å². The summed E-state index contributed by atoms with van der Waals surface area (Å²) in [6.45, 7) is 14.7. The lowest BCUT2D eigenvalue weighted by atomic mass is 9.85. The molecule has 334 valence electrons. The minimum atomic E-state index is -1.97. The maximum absolute atomic E-state index is 14.6. The van der Waals surface area contributed by atoms with Crippen LogP contribution in [0.25, 0.3) is 10.4 Å². The van der Waals surface area contributed by atoms with Gasteiger partial charge in [0.15, 0.2) is 5.67 Å². The second kappa shape index (κ2) is 20.7. The average molecular weight is 883 g/mol. The lowest BCUT2D eigenvalue weighted by molar-refractivity contribution is -0.145. The van der Waals surface area contributed by atoms with Crippen molar-refractivity contribution in [2.24, 2.45) is 5.41 Å². The molecule has 13 nitrogen and oxygen atoms in total. The molecule has 61 heavy (non-hydrogen) atoms. The fraction of sp³-hybridized carbons (Fsp3) is 0.578. The third-order valence-corrected chi connectivity index (χ3v) is 12.7. The SMILES string of the molecule is Cc1ncsc1-c1ccc(CNC(=O)[C@@H]2C[C@@H](O)CN2C(=O)C(NC(=O)C2(F)CC2)C(C)(C)C)c(OCCCN(C)CCC(CSc2ccccc2)NC(=O)OC(C)(C)C)c1. The van der Waals surface area contributed by atoms with Crippen LogP contribution in [0.1, 0.15) is 84.9 Å². The number of aryl methyl sites for hydroxylation is 1. The molecule has 0 spiro atoms. The summed E-state index contributed by atoms with van der Waals surface area (Å²) in [5.74, 6) is -0.525. The van der Waals surface area contributed by atoms with Crippen LogP contribution in [0.15, 0.2) is 58.9 Å². The molecule has 16 heteroatoms. The van der Waals surface area contributed by atoms with Gasteiger partial charge in [0.1, 0.15) is 23.4 Å². The largest absolute Gasteiger partial charge is 0.493 e. The summed E-state index contributed by atoms with van der Waals surface area (Å²) < 4.78 is 26.6. The van der Waals surface area contributed by atoms with Crippen molar-refractivity contribution in [1.82, 2.24) is 30.7 Å². The minimum Gasteiger partial charge on any atom is -0.493 e. The van der Waals surface area contributed by atoms with Crippen LogP contribution < -0.4 is 20.7 Å². The van der Waals surface area contributed by atoms with E-state index < -0.39 is 58.7 Å². The summed E-state index contributed by atoms with van der Waals surface area (Å²) in [6, 6.07) is 13.7. The number of hydrogen-bond acceptors (Lipinski definition) is 11. The number of nitrogens with zero attached hydrogens (tertiary/aromatic N) is 3. The van der Waals surface area contributed by atoms with Crippen molar-refractivity contribution in [2.45, 2.75) is 128 Å². The number of alkyl halides is 1. The van der Waals surface area contributed by atoms with Crippen LogP contribution in [-0.2, 0) is 25.7 Å². The van der Waals surface area contributed by atoms with Gasteiger partial charge in [0.25, 0.3) is 5.91 Å². The normalized spacial score (nSPS) is 18.3. The molecule has 2 aliphatic rings. The van der Waals surface area contributed by atoms with E-state index in [1.54, 1.807) is 38.0 Å². The van der Waals surface area contributed by atoms with E-state index in [0.717, 1.165) is 46.1 Å². The van der Waals surface area contributed by atoms with Gasteiger partial charge in [-0.1, -0.05) is 51.1 Å². The molecule has 0 radical (unpaired) electrons. The van der Waals surface area contributed by atoms with E-state index in [0.29, 0.717) is 24.5 Å². The van der Waals surface area contributed by atoms with Crippen molar-refractivity contribution in [1.29, 1.82) is 0 Å². The fourth-order valence-corrected chi connectivity index (χ4v) is 8.76. The fourth-order valence-electron chi connectivity index (χ4n) is 6.96. The van der Waals surface area contributed by atoms with Crippen LogP contribution in [-0.4, -0.2) is 118 Å². The lowest BCUT2D eigenvalue weighted by Crippen LogP contribution is -2.59. The zero-order valence-electron chi connectivity index (χ0n) is 36.7. The number of benzene rings is 2. The second-order valence-corrected chi connectivity index (χ2v) is 20.2. The number of likely N-dealkylation sites (tertiary alicyclic amines) is 1. The zero-order valence-corrected chi connectivity index (χ0v) is 38.3. The molecule has 3 aromatic rings. The van der Waals surface area contributed by atoms with E-state index in [4.69, 9.17) is 9.47 Å². The van der Waals surface area contributed by atoms with E-state index in [-0.39, 0.29) is 38.4 Å². The molecule has 4 amide bonds. The zero-order chi connectivity index (χ0) is 44.5. The number of alkyl carbamates (subject to hydrolysis) is 1. The second-order valence-electron chi connectivity index (χ2n) is 18.2. The standard InChI is InChI=1S/C45H63FN6O7S2/c1-29-37(61-28-48-29)30-15-16-31(25-47-39(54)35-24-33(53)26-52(35)40(55)38(43(2,3)4)50-41(56)45(46)18-19-45)36(23-30)58-22-12-20-51(8)21-17-32(49-42(57)59-44(5,6)7)27-60-34-13-10-9-11-14-34/h9-11,13-16,23,28,32-33,35,38,53H,12,17-22,24-27H2,1-8H3,(H,47,54)(H,49,57)(H,50,56)/t32?,33-,35+,38?/m1/s1. The number of aliphatic hydroxyl groups is 1. The number of thioether (sulfide) groups is 1. The monoisotopic (exact) mass is 882 g/mol. The van der Waals surface area contributed by atoms with Gasteiger partial charge in [0.05, 0.1) is 28.8 Å². The topological polar surface area (TPSA) is 162 Å². The summed E-state index contributed by atoms with van der Waals surface area (Å²) >= 11 is 3.22. The van der Waals surface area contributed by atoms with Gasteiger partial charge in [-0.25, -0.2) is 14.2 Å². The van der Waals surface area contributed by atoms with E-state index in [1.807, 2.05) is 71.1 Å². The van der Waals surface area contributed by atoms with Gasteiger partial charge >= 0.3 is 6.09 Å². The number of thiazole rings is 1. The van der Waals surface area contributed by atoms with Gasteiger partial charge in [-0.3, -0.25) is 14.4 Å². The first kappa shape index (κ1) is 47.8. The van der Waals surface area contributed by atoms with Crippen LogP contribution in [0.4, 0.5) is 9.18 Å². The first-order valence-electron chi connectivity index (χ1n) is 21.0. The maximum atomic E-state index is 14.6. The van der Waals surface area contributed by atoms with E-state index in [9.17, 15) is 28.7 Å². The number of ether oxygens (including phenoxy) is 2. The van der Waals surface area contributed by atoms with Gasteiger partial charge in [0.2, 0.25) is 11.8 Å². The number of carbonyl (C=O) groups is 4. The molecule has 1 aliphatic heterocycles. The molecular weight excluding hydrogens is 820 g/mol. The maximum Gasteiger partial charge on any atom is 0.407 e. The Labute approximate surface area is 367 Å².